The maximum Gasteiger partial charge on any atom is 0.443 e. The van der Waals surface area contributed by atoms with Crippen molar-refractivity contribution in [2.75, 3.05) is 6.54 Å². The molecule has 0 saturated heterocycles. The van der Waals surface area contributed by atoms with Gasteiger partial charge in [0.15, 0.2) is 5.01 Å². The molecule has 0 bridgehead atoms. The minimum atomic E-state index is -4.40. The molecule has 0 radical (unpaired) electrons. The predicted molar refractivity (Wildman–Crippen MR) is 71.6 cm³/mol. The lowest BCUT2D eigenvalue weighted by Crippen LogP contribution is -2.22. The Hall–Kier alpha value is -1.47. The molecule has 1 unspecified atom stereocenters. The summed E-state index contributed by atoms with van der Waals surface area (Å²) in [6.45, 7) is 4.44. The molecule has 20 heavy (non-hydrogen) atoms. The molecule has 0 fully saturated rings. The highest BCUT2D eigenvalue weighted by Gasteiger charge is 2.35. The second-order valence-corrected chi connectivity index (χ2v) is 5.38. The first-order valence-electron chi connectivity index (χ1n) is 6.10. The fraction of sp³-hybridized carbons (Fsp3) is 0.385. The molecule has 7 heteroatoms. The van der Waals surface area contributed by atoms with Crippen molar-refractivity contribution in [3.63, 3.8) is 0 Å². The van der Waals surface area contributed by atoms with Gasteiger partial charge in [-0.05, 0) is 31.2 Å². The van der Waals surface area contributed by atoms with Crippen molar-refractivity contribution in [2.24, 2.45) is 0 Å². The number of pyridine rings is 1. The molecule has 0 aliphatic heterocycles. The molecule has 2 aromatic rings. The van der Waals surface area contributed by atoms with Crippen LogP contribution in [0.3, 0.4) is 0 Å². The molecule has 0 spiro atoms. The Morgan fingerprint density at radius 2 is 2.10 bits per heavy atom. The van der Waals surface area contributed by atoms with E-state index < -0.39 is 11.2 Å². The zero-order valence-corrected chi connectivity index (χ0v) is 11.8. The largest absolute Gasteiger partial charge is 0.443 e. The summed E-state index contributed by atoms with van der Waals surface area (Å²) >= 11 is 0.650. The van der Waals surface area contributed by atoms with Crippen molar-refractivity contribution < 1.29 is 13.2 Å². The van der Waals surface area contributed by atoms with E-state index in [1.54, 1.807) is 6.20 Å². The van der Waals surface area contributed by atoms with E-state index >= 15 is 0 Å². The highest BCUT2D eigenvalue weighted by molar-refractivity contribution is 7.11. The van der Waals surface area contributed by atoms with Crippen LogP contribution < -0.4 is 5.32 Å². The molecule has 0 amide bonds. The molecule has 2 aromatic heterocycles. The van der Waals surface area contributed by atoms with Crippen LogP contribution in [0.2, 0.25) is 0 Å². The molecule has 0 aliphatic carbocycles. The lowest BCUT2D eigenvalue weighted by Gasteiger charge is -2.15. The van der Waals surface area contributed by atoms with E-state index in [0.717, 1.165) is 5.56 Å². The minimum Gasteiger partial charge on any atom is -0.305 e. The van der Waals surface area contributed by atoms with Crippen LogP contribution in [0.5, 0.6) is 0 Å². The number of nitrogens with zero attached hydrogens (tertiary/aromatic N) is 2. The van der Waals surface area contributed by atoms with Crippen molar-refractivity contribution in [3.8, 4) is 0 Å². The van der Waals surface area contributed by atoms with E-state index in [2.05, 4.69) is 15.3 Å². The molecule has 0 aromatic carbocycles. The van der Waals surface area contributed by atoms with Gasteiger partial charge in [0.25, 0.3) is 0 Å². The second-order valence-electron chi connectivity index (χ2n) is 4.31. The van der Waals surface area contributed by atoms with Gasteiger partial charge in [0.1, 0.15) is 0 Å². The lowest BCUT2D eigenvalue weighted by atomic mass is 10.1. The highest BCUT2D eigenvalue weighted by Crippen LogP contribution is 2.35. The molecular formula is C13H14F3N3S. The molecule has 108 valence electrons. The number of thiazole rings is 1. The summed E-state index contributed by atoms with van der Waals surface area (Å²) in [5.41, 5.74) is 1.71. The predicted octanol–water partition coefficient (Wildman–Crippen LogP) is 3.56. The van der Waals surface area contributed by atoms with Crippen LogP contribution in [0.15, 0.2) is 24.5 Å². The Morgan fingerprint density at radius 1 is 1.35 bits per heavy atom. The Labute approximate surface area is 118 Å². The van der Waals surface area contributed by atoms with Gasteiger partial charge in [-0.15, -0.1) is 11.3 Å². The van der Waals surface area contributed by atoms with E-state index in [-0.39, 0.29) is 6.04 Å². The fourth-order valence-electron chi connectivity index (χ4n) is 1.82. The molecule has 0 saturated carbocycles. The molecule has 0 aliphatic rings. The topological polar surface area (TPSA) is 37.8 Å². The summed E-state index contributed by atoms with van der Waals surface area (Å²) < 4.78 is 37.9. The number of hydrogen-bond acceptors (Lipinski definition) is 4. The summed E-state index contributed by atoms with van der Waals surface area (Å²) in [5, 5.41) is 2.32. The zero-order chi connectivity index (χ0) is 14.8. The zero-order valence-electron chi connectivity index (χ0n) is 11.0. The average molecular weight is 301 g/mol. The Morgan fingerprint density at radius 3 is 2.65 bits per heavy atom. The number of hydrogen-bond donors (Lipinski definition) is 1. The first-order chi connectivity index (χ1) is 9.41. The molecular weight excluding hydrogens is 287 g/mol. The first kappa shape index (κ1) is 14.9. The van der Waals surface area contributed by atoms with E-state index in [1.165, 1.54) is 6.20 Å². The van der Waals surface area contributed by atoms with Crippen molar-refractivity contribution in [1.82, 2.24) is 15.3 Å². The van der Waals surface area contributed by atoms with Crippen LogP contribution in [-0.2, 0) is 6.18 Å². The number of aryl methyl sites for hydroxylation is 1. The van der Waals surface area contributed by atoms with Crippen LogP contribution in [-0.4, -0.2) is 16.5 Å². The minimum absolute atomic E-state index is 0.367. The Bertz CT molecular complexity index is 580. The molecule has 3 nitrogen and oxygen atoms in total. The third kappa shape index (κ3) is 3.34. The van der Waals surface area contributed by atoms with Crippen LogP contribution in [0.25, 0.3) is 0 Å². The van der Waals surface area contributed by atoms with Crippen molar-refractivity contribution >= 4 is 11.3 Å². The number of nitrogens with one attached hydrogen (secondary N) is 1. The summed E-state index contributed by atoms with van der Waals surface area (Å²) in [7, 11) is 0. The molecule has 2 heterocycles. The normalized spacial score (nSPS) is 13.4. The van der Waals surface area contributed by atoms with Gasteiger partial charge in [-0.2, -0.15) is 13.2 Å². The molecule has 1 atom stereocenters. The van der Waals surface area contributed by atoms with Gasteiger partial charge in [-0.1, -0.05) is 6.92 Å². The van der Waals surface area contributed by atoms with Gasteiger partial charge >= 0.3 is 6.18 Å². The van der Waals surface area contributed by atoms with Crippen molar-refractivity contribution in [3.05, 3.63) is 45.7 Å². The second kappa shape index (κ2) is 5.88. The smallest absolute Gasteiger partial charge is 0.305 e. The van der Waals surface area contributed by atoms with Crippen molar-refractivity contribution in [2.45, 2.75) is 26.1 Å². The quantitative estimate of drug-likeness (QED) is 0.938. The number of alkyl halides is 3. The van der Waals surface area contributed by atoms with Crippen LogP contribution in [0, 0.1) is 6.92 Å². The fourth-order valence-corrected chi connectivity index (χ4v) is 2.70. The first-order valence-corrected chi connectivity index (χ1v) is 6.92. The van der Waals surface area contributed by atoms with Gasteiger partial charge < -0.3 is 5.32 Å². The molecule has 2 rings (SSSR count). The lowest BCUT2D eigenvalue weighted by molar-refractivity contribution is -0.137. The maximum absolute atomic E-state index is 12.6. The van der Waals surface area contributed by atoms with E-state index in [1.807, 2.05) is 26.0 Å². The third-order valence-corrected chi connectivity index (χ3v) is 3.80. The van der Waals surface area contributed by atoms with Gasteiger partial charge in [0.05, 0.1) is 11.7 Å². The number of halogens is 3. The van der Waals surface area contributed by atoms with E-state index in [9.17, 15) is 13.2 Å². The Balaban J connectivity index is 2.36. The molecule has 1 N–H and O–H groups in total. The highest BCUT2D eigenvalue weighted by atomic mass is 32.1. The monoisotopic (exact) mass is 301 g/mol. The van der Waals surface area contributed by atoms with Crippen LogP contribution >= 0.6 is 11.3 Å². The van der Waals surface area contributed by atoms with E-state index in [0.29, 0.717) is 28.5 Å². The standard InChI is InChI=1S/C13H14F3N3S/c1-3-17-11(9-6-8(2)4-5-18-9)10-7-19-12(20-10)13(14,15)16/h4-7,11,17H,3H2,1-2H3. The SMILES string of the molecule is CCNC(c1cc(C)ccn1)c1cnc(C(F)(F)F)s1. The van der Waals surface area contributed by atoms with Crippen LogP contribution in [0.1, 0.15) is 34.1 Å². The summed E-state index contributed by atoms with van der Waals surface area (Å²) in [6.07, 6.45) is -1.48. The number of aromatic nitrogens is 2. The van der Waals surface area contributed by atoms with Gasteiger partial charge in [0, 0.05) is 17.3 Å². The van der Waals surface area contributed by atoms with Gasteiger partial charge in [-0.25, -0.2) is 4.98 Å². The van der Waals surface area contributed by atoms with Gasteiger partial charge in [-0.3, -0.25) is 4.98 Å². The third-order valence-electron chi connectivity index (χ3n) is 2.69. The van der Waals surface area contributed by atoms with Gasteiger partial charge in [0.2, 0.25) is 0 Å². The summed E-state index contributed by atoms with van der Waals surface area (Å²) in [5.74, 6) is 0. The summed E-state index contributed by atoms with van der Waals surface area (Å²) in [4.78, 5) is 8.22. The Kier molecular flexibility index (Phi) is 4.39. The summed E-state index contributed by atoms with van der Waals surface area (Å²) in [6, 6.07) is 3.34. The average Bonchev–Trinajstić information content (AvgIpc) is 2.85. The van der Waals surface area contributed by atoms with Crippen molar-refractivity contribution in [1.29, 1.82) is 0 Å². The van der Waals surface area contributed by atoms with Crippen LogP contribution in [0.4, 0.5) is 13.2 Å². The van der Waals surface area contributed by atoms with E-state index in [4.69, 9.17) is 0 Å². The number of rotatable bonds is 4. The maximum atomic E-state index is 12.6.